The number of nitrogen functional groups attached to an aromatic ring is 1. The quantitative estimate of drug-likeness (QED) is 0.741. The Morgan fingerprint density at radius 1 is 1.39 bits per heavy atom. The average molecular weight is 267 g/mol. The molecular formula is C13H15ClN2O2. The van der Waals surface area contributed by atoms with Crippen LogP contribution in [0.1, 0.15) is 20.8 Å². The zero-order chi connectivity index (χ0) is 13.5. The summed E-state index contributed by atoms with van der Waals surface area (Å²) in [5, 5.41) is 1.21. The number of carbonyl (C=O) groups excluding carboxylic acids is 1. The highest BCUT2D eigenvalue weighted by Crippen LogP contribution is 2.28. The van der Waals surface area contributed by atoms with Crippen molar-refractivity contribution in [2.24, 2.45) is 0 Å². The number of benzene rings is 1. The largest absolute Gasteiger partial charge is 0.443 e. The lowest BCUT2D eigenvalue weighted by Crippen LogP contribution is -2.26. The zero-order valence-corrected chi connectivity index (χ0v) is 11.3. The summed E-state index contributed by atoms with van der Waals surface area (Å²) in [7, 11) is 0. The number of halogens is 1. The van der Waals surface area contributed by atoms with Gasteiger partial charge in [0.25, 0.3) is 0 Å². The molecule has 2 N–H and O–H groups in total. The lowest BCUT2D eigenvalue weighted by molar-refractivity contribution is 0.0544. The van der Waals surface area contributed by atoms with E-state index in [2.05, 4.69) is 0 Å². The molecular weight excluding hydrogens is 252 g/mol. The molecule has 0 aliphatic carbocycles. The molecule has 96 valence electrons. The molecule has 0 spiro atoms. The molecule has 0 bridgehead atoms. The van der Waals surface area contributed by atoms with Gasteiger partial charge in [0.05, 0.1) is 10.5 Å². The van der Waals surface area contributed by atoms with Crippen LogP contribution in [0.15, 0.2) is 24.4 Å². The molecule has 0 fully saturated rings. The monoisotopic (exact) mass is 266 g/mol. The van der Waals surface area contributed by atoms with E-state index in [-0.39, 0.29) is 0 Å². The number of fused-ring (bicyclic) bond motifs is 1. The molecule has 0 amide bonds. The number of anilines is 1. The fourth-order valence-corrected chi connectivity index (χ4v) is 1.92. The lowest BCUT2D eigenvalue weighted by Gasteiger charge is -2.19. The Kier molecular flexibility index (Phi) is 2.99. The molecule has 2 rings (SSSR count). The van der Waals surface area contributed by atoms with E-state index < -0.39 is 11.7 Å². The molecule has 1 aromatic heterocycles. The van der Waals surface area contributed by atoms with Crippen molar-refractivity contribution in [1.29, 1.82) is 0 Å². The van der Waals surface area contributed by atoms with Crippen LogP contribution < -0.4 is 5.73 Å². The fourth-order valence-electron chi connectivity index (χ4n) is 1.67. The summed E-state index contributed by atoms with van der Waals surface area (Å²) < 4.78 is 6.70. The second-order valence-electron chi connectivity index (χ2n) is 5.10. The van der Waals surface area contributed by atoms with E-state index >= 15 is 0 Å². The number of hydrogen-bond acceptors (Lipinski definition) is 3. The third-order valence-electron chi connectivity index (χ3n) is 2.37. The van der Waals surface area contributed by atoms with Crippen LogP contribution in [-0.4, -0.2) is 16.3 Å². The van der Waals surface area contributed by atoms with Gasteiger partial charge >= 0.3 is 6.09 Å². The molecule has 1 heterocycles. The van der Waals surface area contributed by atoms with E-state index in [9.17, 15) is 4.79 Å². The van der Waals surface area contributed by atoms with Gasteiger partial charge in [-0.3, -0.25) is 4.57 Å². The Bertz CT molecular complexity index is 611. The van der Waals surface area contributed by atoms with E-state index in [4.69, 9.17) is 22.1 Å². The maximum absolute atomic E-state index is 12.0. The smallest absolute Gasteiger partial charge is 0.419 e. The maximum atomic E-state index is 12.0. The topological polar surface area (TPSA) is 57.2 Å². The van der Waals surface area contributed by atoms with Crippen molar-refractivity contribution < 1.29 is 9.53 Å². The van der Waals surface area contributed by atoms with Crippen LogP contribution in [0.4, 0.5) is 10.5 Å². The SMILES string of the molecule is CC(C)(C)OC(=O)n1cc(Cl)c2cc(N)ccc21. The van der Waals surface area contributed by atoms with Gasteiger partial charge in [0.15, 0.2) is 0 Å². The Balaban J connectivity index is 2.49. The first-order valence-electron chi connectivity index (χ1n) is 5.57. The number of nitrogens with zero attached hydrogens (tertiary/aromatic N) is 1. The molecule has 0 saturated carbocycles. The summed E-state index contributed by atoms with van der Waals surface area (Å²) >= 11 is 6.08. The standard InChI is InChI=1S/C13H15ClN2O2/c1-13(2,3)18-12(17)16-7-10(14)9-6-8(15)4-5-11(9)16/h4-7H,15H2,1-3H3. The van der Waals surface area contributed by atoms with Crippen LogP contribution >= 0.6 is 11.6 Å². The van der Waals surface area contributed by atoms with E-state index in [1.165, 1.54) is 4.57 Å². The van der Waals surface area contributed by atoms with Crippen LogP contribution in [0.25, 0.3) is 10.9 Å². The third-order valence-corrected chi connectivity index (χ3v) is 2.67. The van der Waals surface area contributed by atoms with Crippen LogP contribution in [0.3, 0.4) is 0 Å². The number of carbonyl (C=O) groups is 1. The second kappa shape index (κ2) is 4.21. The molecule has 0 atom stereocenters. The maximum Gasteiger partial charge on any atom is 0.419 e. The van der Waals surface area contributed by atoms with E-state index in [1.54, 1.807) is 24.4 Å². The molecule has 4 nitrogen and oxygen atoms in total. The van der Waals surface area contributed by atoms with Gasteiger partial charge in [-0.25, -0.2) is 4.79 Å². The highest BCUT2D eigenvalue weighted by Gasteiger charge is 2.20. The van der Waals surface area contributed by atoms with Crippen LogP contribution in [0, 0.1) is 0 Å². The zero-order valence-electron chi connectivity index (χ0n) is 10.5. The van der Waals surface area contributed by atoms with Crippen molar-refractivity contribution in [2.45, 2.75) is 26.4 Å². The predicted molar refractivity (Wildman–Crippen MR) is 73.0 cm³/mol. The molecule has 0 radical (unpaired) electrons. The van der Waals surface area contributed by atoms with Gasteiger partial charge in [-0.2, -0.15) is 0 Å². The van der Waals surface area contributed by atoms with Gasteiger partial charge in [0.1, 0.15) is 5.60 Å². The normalized spacial score (nSPS) is 11.8. The van der Waals surface area contributed by atoms with E-state index in [1.807, 2.05) is 20.8 Å². The van der Waals surface area contributed by atoms with Crippen molar-refractivity contribution >= 4 is 34.3 Å². The summed E-state index contributed by atoms with van der Waals surface area (Å²) in [5.41, 5.74) is 6.43. The first kappa shape index (κ1) is 12.8. The lowest BCUT2D eigenvalue weighted by atomic mass is 10.2. The fraction of sp³-hybridized carbons (Fsp3) is 0.308. The molecule has 0 unspecified atom stereocenters. The van der Waals surface area contributed by atoms with Crippen LogP contribution in [-0.2, 0) is 4.74 Å². The summed E-state index contributed by atoms with van der Waals surface area (Å²) in [6.45, 7) is 5.45. The highest BCUT2D eigenvalue weighted by atomic mass is 35.5. The van der Waals surface area contributed by atoms with E-state index in [0.29, 0.717) is 16.2 Å². The van der Waals surface area contributed by atoms with Crippen molar-refractivity contribution in [1.82, 2.24) is 4.57 Å². The highest BCUT2D eigenvalue weighted by molar-refractivity contribution is 6.36. The van der Waals surface area contributed by atoms with Crippen LogP contribution in [0.2, 0.25) is 5.02 Å². The number of aromatic nitrogens is 1. The molecule has 0 saturated heterocycles. The van der Waals surface area contributed by atoms with Gasteiger partial charge in [-0.1, -0.05) is 11.6 Å². The second-order valence-corrected chi connectivity index (χ2v) is 5.51. The Morgan fingerprint density at radius 3 is 2.67 bits per heavy atom. The molecule has 0 aliphatic heterocycles. The predicted octanol–water partition coefficient (Wildman–Crippen LogP) is 3.66. The molecule has 0 aliphatic rings. The molecule has 2 aromatic rings. The minimum Gasteiger partial charge on any atom is -0.443 e. The number of hydrogen-bond donors (Lipinski definition) is 1. The first-order chi connectivity index (χ1) is 8.28. The van der Waals surface area contributed by atoms with E-state index in [0.717, 1.165) is 5.39 Å². The van der Waals surface area contributed by atoms with Gasteiger partial charge in [0.2, 0.25) is 0 Å². The summed E-state index contributed by atoms with van der Waals surface area (Å²) in [6, 6.07) is 5.21. The van der Waals surface area contributed by atoms with Crippen LogP contribution in [0.5, 0.6) is 0 Å². The van der Waals surface area contributed by atoms with Crippen molar-refractivity contribution in [3.63, 3.8) is 0 Å². The first-order valence-corrected chi connectivity index (χ1v) is 5.95. The van der Waals surface area contributed by atoms with Crippen molar-refractivity contribution in [3.8, 4) is 0 Å². The third kappa shape index (κ3) is 2.43. The molecule has 1 aromatic carbocycles. The van der Waals surface area contributed by atoms with Crippen molar-refractivity contribution in [3.05, 3.63) is 29.4 Å². The summed E-state index contributed by atoms with van der Waals surface area (Å²) in [5.74, 6) is 0. The number of ether oxygens (including phenoxy) is 1. The number of nitrogens with two attached hydrogens (primary N) is 1. The minimum atomic E-state index is -0.548. The molecule has 18 heavy (non-hydrogen) atoms. The van der Waals surface area contributed by atoms with Gasteiger partial charge in [0, 0.05) is 17.3 Å². The minimum absolute atomic E-state index is 0.454. The summed E-state index contributed by atoms with van der Waals surface area (Å²) in [4.78, 5) is 12.0. The van der Waals surface area contributed by atoms with Gasteiger partial charge in [-0.15, -0.1) is 0 Å². The average Bonchev–Trinajstić information content (AvgIpc) is 2.54. The van der Waals surface area contributed by atoms with Gasteiger partial charge < -0.3 is 10.5 Å². The van der Waals surface area contributed by atoms with Gasteiger partial charge in [-0.05, 0) is 39.0 Å². The Hall–Kier alpha value is -1.68. The molecule has 5 heteroatoms. The Morgan fingerprint density at radius 2 is 2.06 bits per heavy atom. The number of rotatable bonds is 0. The summed E-state index contributed by atoms with van der Waals surface area (Å²) in [6.07, 6.45) is 1.09. The van der Waals surface area contributed by atoms with Crippen molar-refractivity contribution in [2.75, 3.05) is 5.73 Å². The Labute approximate surface area is 110 Å².